The van der Waals surface area contributed by atoms with Crippen molar-refractivity contribution in [2.24, 2.45) is 0 Å². The van der Waals surface area contributed by atoms with E-state index < -0.39 is 0 Å². The van der Waals surface area contributed by atoms with Gasteiger partial charge in [-0.2, -0.15) is 0 Å². The van der Waals surface area contributed by atoms with E-state index in [-0.39, 0.29) is 18.0 Å². The van der Waals surface area contributed by atoms with Crippen LogP contribution in [0.25, 0.3) is 10.2 Å². The van der Waals surface area contributed by atoms with Crippen LogP contribution in [0.15, 0.2) is 52.9 Å². The largest absolute Gasteiger partial charge is 0.383 e. The Kier molecular flexibility index (Phi) is 5.57. The fraction of sp³-hybridized carbons (Fsp3) is 0.278. The van der Waals surface area contributed by atoms with Gasteiger partial charge in [0.1, 0.15) is 11.4 Å². The molecule has 0 aliphatic rings. The topological polar surface area (TPSA) is 64.4 Å². The average molecular weight is 357 g/mol. The first-order chi connectivity index (χ1) is 12.2. The molecule has 0 saturated heterocycles. The molecule has 1 aromatic carbocycles. The number of carbonyl (C=O) groups is 1. The number of carbonyl (C=O) groups excluding carboxylic acids is 1. The van der Waals surface area contributed by atoms with Gasteiger partial charge in [-0.15, -0.1) is 11.3 Å². The average Bonchev–Trinajstić information content (AvgIpc) is 3.11. The lowest BCUT2D eigenvalue weighted by atomic mass is 10.2. The molecular formula is C18H19N3O3S. The summed E-state index contributed by atoms with van der Waals surface area (Å²) in [6.07, 6.45) is 1.44. The highest BCUT2D eigenvalue weighted by Gasteiger charge is 2.16. The van der Waals surface area contributed by atoms with E-state index in [1.165, 1.54) is 22.2 Å². The van der Waals surface area contributed by atoms with E-state index in [4.69, 9.17) is 4.74 Å². The third-order valence-electron chi connectivity index (χ3n) is 3.89. The van der Waals surface area contributed by atoms with Crippen molar-refractivity contribution in [3.8, 4) is 0 Å². The van der Waals surface area contributed by atoms with E-state index in [0.29, 0.717) is 29.9 Å². The van der Waals surface area contributed by atoms with E-state index in [9.17, 15) is 9.59 Å². The van der Waals surface area contributed by atoms with E-state index in [0.717, 1.165) is 5.56 Å². The fourth-order valence-electron chi connectivity index (χ4n) is 2.55. The normalized spacial score (nSPS) is 10.9. The molecule has 130 valence electrons. The standard InChI is InChI=1S/C18H19N3O3S/c1-24-9-8-20(11-14-5-3-2-4-6-14)16(22)12-21-13-19-17-15(18(21)23)7-10-25-17/h2-7,10,13H,8-9,11-12H2,1H3. The van der Waals surface area contributed by atoms with Crippen LogP contribution in [0.1, 0.15) is 5.56 Å². The molecule has 2 aromatic heterocycles. The molecule has 6 nitrogen and oxygen atoms in total. The van der Waals surface area contributed by atoms with E-state index in [1.54, 1.807) is 18.1 Å². The first-order valence-electron chi connectivity index (χ1n) is 7.92. The van der Waals surface area contributed by atoms with Crippen LogP contribution in [0.4, 0.5) is 0 Å². The number of ether oxygens (including phenoxy) is 1. The van der Waals surface area contributed by atoms with Gasteiger partial charge in [0.15, 0.2) is 0 Å². The van der Waals surface area contributed by atoms with Crippen LogP contribution >= 0.6 is 11.3 Å². The summed E-state index contributed by atoms with van der Waals surface area (Å²) in [7, 11) is 1.60. The number of methoxy groups -OCH3 is 1. The van der Waals surface area contributed by atoms with Gasteiger partial charge in [0.05, 0.1) is 18.3 Å². The van der Waals surface area contributed by atoms with Crippen LogP contribution in [0, 0.1) is 0 Å². The molecule has 0 bridgehead atoms. The highest BCUT2D eigenvalue weighted by molar-refractivity contribution is 7.16. The Morgan fingerprint density at radius 3 is 2.84 bits per heavy atom. The molecule has 0 aliphatic carbocycles. The van der Waals surface area contributed by atoms with Gasteiger partial charge in [0, 0.05) is 20.2 Å². The Hall–Kier alpha value is -2.51. The molecule has 0 N–H and O–H groups in total. The molecule has 0 radical (unpaired) electrons. The summed E-state index contributed by atoms with van der Waals surface area (Å²) in [5.41, 5.74) is 0.844. The Morgan fingerprint density at radius 2 is 2.08 bits per heavy atom. The SMILES string of the molecule is COCCN(Cc1ccccc1)C(=O)Cn1cnc2sccc2c1=O. The number of rotatable bonds is 7. The second-order valence-corrected chi connectivity index (χ2v) is 6.51. The predicted molar refractivity (Wildman–Crippen MR) is 97.6 cm³/mol. The summed E-state index contributed by atoms with van der Waals surface area (Å²) in [4.78, 5) is 31.8. The van der Waals surface area contributed by atoms with Gasteiger partial charge in [0.2, 0.25) is 5.91 Å². The quantitative estimate of drug-likeness (QED) is 0.650. The van der Waals surface area contributed by atoms with Crippen molar-refractivity contribution >= 4 is 27.5 Å². The van der Waals surface area contributed by atoms with Gasteiger partial charge >= 0.3 is 0 Å². The smallest absolute Gasteiger partial charge is 0.262 e. The zero-order chi connectivity index (χ0) is 17.6. The minimum absolute atomic E-state index is 0.0336. The molecular weight excluding hydrogens is 338 g/mol. The van der Waals surface area contributed by atoms with Crippen LogP contribution in [-0.2, 0) is 22.6 Å². The molecule has 0 unspecified atom stereocenters. The van der Waals surface area contributed by atoms with Crippen molar-refractivity contribution in [3.05, 3.63) is 64.0 Å². The molecule has 3 rings (SSSR count). The molecule has 3 aromatic rings. The summed E-state index contributed by atoms with van der Waals surface area (Å²) in [6.45, 7) is 1.35. The lowest BCUT2D eigenvalue weighted by molar-refractivity contribution is -0.133. The van der Waals surface area contributed by atoms with Crippen molar-refractivity contribution in [1.82, 2.24) is 14.5 Å². The minimum atomic E-state index is -0.189. The van der Waals surface area contributed by atoms with Crippen LogP contribution in [-0.4, -0.2) is 40.6 Å². The van der Waals surface area contributed by atoms with Gasteiger partial charge in [-0.3, -0.25) is 14.2 Å². The minimum Gasteiger partial charge on any atom is -0.383 e. The Labute approximate surface area is 149 Å². The molecule has 0 fully saturated rings. The van der Waals surface area contributed by atoms with Gasteiger partial charge in [-0.05, 0) is 17.0 Å². The molecule has 0 spiro atoms. The molecule has 0 aliphatic heterocycles. The van der Waals surface area contributed by atoms with E-state index in [2.05, 4.69) is 4.98 Å². The summed E-state index contributed by atoms with van der Waals surface area (Å²) >= 11 is 1.41. The van der Waals surface area contributed by atoms with Crippen molar-refractivity contribution in [1.29, 1.82) is 0 Å². The van der Waals surface area contributed by atoms with Crippen LogP contribution in [0.2, 0.25) is 0 Å². The molecule has 0 atom stereocenters. The maximum absolute atomic E-state index is 12.7. The third-order valence-corrected chi connectivity index (χ3v) is 4.71. The first-order valence-corrected chi connectivity index (χ1v) is 8.80. The van der Waals surface area contributed by atoms with Gasteiger partial charge in [-0.25, -0.2) is 4.98 Å². The van der Waals surface area contributed by atoms with Crippen LogP contribution in [0.3, 0.4) is 0 Å². The van der Waals surface area contributed by atoms with E-state index >= 15 is 0 Å². The second kappa shape index (κ2) is 8.04. The van der Waals surface area contributed by atoms with Crippen LogP contribution in [0.5, 0.6) is 0 Å². The highest BCUT2D eigenvalue weighted by atomic mass is 32.1. The van der Waals surface area contributed by atoms with Crippen LogP contribution < -0.4 is 5.56 Å². The maximum Gasteiger partial charge on any atom is 0.262 e. The first kappa shape index (κ1) is 17.3. The number of hydrogen-bond acceptors (Lipinski definition) is 5. The van der Waals surface area contributed by atoms with Gasteiger partial charge < -0.3 is 9.64 Å². The number of fused-ring (bicyclic) bond motifs is 1. The zero-order valence-corrected chi connectivity index (χ0v) is 14.7. The predicted octanol–water partition coefficient (Wildman–Crippen LogP) is 2.13. The second-order valence-electron chi connectivity index (χ2n) is 5.61. The monoisotopic (exact) mass is 357 g/mol. The lowest BCUT2D eigenvalue weighted by Gasteiger charge is -2.23. The summed E-state index contributed by atoms with van der Waals surface area (Å²) < 4.78 is 6.47. The number of hydrogen-bond donors (Lipinski definition) is 0. The van der Waals surface area contributed by atoms with Crippen molar-refractivity contribution in [2.45, 2.75) is 13.1 Å². The Bertz CT molecular complexity index is 905. The fourth-order valence-corrected chi connectivity index (χ4v) is 3.27. The van der Waals surface area contributed by atoms with Crippen molar-refractivity contribution < 1.29 is 9.53 Å². The Balaban J connectivity index is 1.78. The van der Waals surface area contributed by atoms with Crippen molar-refractivity contribution in [3.63, 3.8) is 0 Å². The maximum atomic E-state index is 12.7. The molecule has 7 heteroatoms. The number of nitrogens with zero attached hydrogens (tertiary/aromatic N) is 3. The summed E-state index contributed by atoms with van der Waals surface area (Å²) in [5.74, 6) is -0.139. The van der Waals surface area contributed by atoms with Gasteiger partial charge in [0.25, 0.3) is 5.56 Å². The third kappa shape index (κ3) is 4.12. The summed E-state index contributed by atoms with van der Waals surface area (Å²) in [5, 5.41) is 2.37. The number of amides is 1. The molecule has 0 saturated carbocycles. The van der Waals surface area contributed by atoms with Gasteiger partial charge in [-0.1, -0.05) is 30.3 Å². The highest BCUT2D eigenvalue weighted by Crippen LogP contribution is 2.13. The number of thiophene rings is 1. The number of benzene rings is 1. The molecule has 2 heterocycles. The molecule has 25 heavy (non-hydrogen) atoms. The van der Waals surface area contributed by atoms with Crippen molar-refractivity contribution in [2.75, 3.05) is 20.3 Å². The number of aromatic nitrogens is 2. The summed E-state index contributed by atoms with van der Waals surface area (Å²) in [6, 6.07) is 11.5. The lowest BCUT2D eigenvalue weighted by Crippen LogP contribution is -2.38. The Morgan fingerprint density at radius 1 is 1.28 bits per heavy atom. The zero-order valence-electron chi connectivity index (χ0n) is 13.9. The van der Waals surface area contributed by atoms with E-state index in [1.807, 2.05) is 35.7 Å². The molecule has 1 amide bonds.